The first-order valence-electron chi connectivity index (χ1n) is 7.51. The Hall–Kier alpha value is -3.62. The van der Waals surface area contributed by atoms with Gasteiger partial charge in [-0.1, -0.05) is 6.07 Å². The molecule has 9 heteroatoms. The van der Waals surface area contributed by atoms with Crippen LogP contribution in [-0.4, -0.2) is 40.6 Å². The minimum Gasteiger partial charge on any atom is -0.504 e. The first-order chi connectivity index (χ1) is 12.4. The van der Waals surface area contributed by atoms with Crippen LogP contribution in [0.4, 0.5) is 0 Å². The van der Waals surface area contributed by atoms with Crippen LogP contribution in [0.1, 0.15) is 15.9 Å². The van der Waals surface area contributed by atoms with Gasteiger partial charge in [-0.15, -0.1) is 0 Å². The van der Waals surface area contributed by atoms with E-state index in [1.165, 1.54) is 0 Å². The molecule has 26 heavy (non-hydrogen) atoms. The number of ether oxygens (including phenoxy) is 3. The number of rotatable bonds is 5. The van der Waals surface area contributed by atoms with Crippen molar-refractivity contribution in [2.75, 3.05) is 13.4 Å². The van der Waals surface area contributed by atoms with Crippen LogP contribution in [0.25, 0.3) is 0 Å². The smallest absolute Gasteiger partial charge is 0.338 e. The summed E-state index contributed by atoms with van der Waals surface area (Å²) in [4.78, 5) is 23.6. The molecule has 1 aliphatic rings. The Labute approximate surface area is 147 Å². The second kappa shape index (κ2) is 7.09. The predicted molar refractivity (Wildman–Crippen MR) is 86.1 cm³/mol. The summed E-state index contributed by atoms with van der Waals surface area (Å²) in [5.74, 6) is -2.35. The summed E-state index contributed by atoms with van der Waals surface area (Å²) < 4.78 is 15.2. The van der Waals surface area contributed by atoms with E-state index in [2.05, 4.69) is 5.32 Å². The fourth-order valence-electron chi connectivity index (χ4n) is 2.24. The third-order valence-corrected chi connectivity index (χ3v) is 3.57. The lowest BCUT2D eigenvalue weighted by Crippen LogP contribution is -2.28. The van der Waals surface area contributed by atoms with Gasteiger partial charge < -0.3 is 34.8 Å². The number of carbonyl (C=O) groups is 2. The summed E-state index contributed by atoms with van der Waals surface area (Å²) in [5, 5.41) is 30.5. The molecule has 0 saturated carbocycles. The number of aromatic hydroxyl groups is 3. The molecule has 9 nitrogen and oxygen atoms in total. The molecular formula is C17H15NO8. The lowest BCUT2D eigenvalue weighted by Gasteiger charge is -2.08. The third-order valence-electron chi connectivity index (χ3n) is 3.57. The van der Waals surface area contributed by atoms with Crippen LogP contribution in [0.2, 0.25) is 0 Å². The minimum atomic E-state index is -0.936. The first-order valence-corrected chi connectivity index (χ1v) is 7.51. The van der Waals surface area contributed by atoms with Crippen LogP contribution in [0.5, 0.6) is 28.7 Å². The van der Waals surface area contributed by atoms with Crippen molar-refractivity contribution in [2.45, 2.75) is 6.54 Å². The number of phenols is 3. The quantitative estimate of drug-likeness (QED) is 0.458. The van der Waals surface area contributed by atoms with Gasteiger partial charge in [-0.25, -0.2) is 4.79 Å². The lowest BCUT2D eigenvalue weighted by molar-refractivity contribution is -0.124. The van der Waals surface area contributed by atoms with E-state index < -0.39 is 35.7 Å². The number of hydrogen-bond acceptors (Lipinski definition) is 8. The number of benzene rings is 2. The van der Waals surface area contributed by atoms with Gasteiger partial charge in [0.05, 0.1) is 5.56 Å². The van der Waals surface area contributed by atoms with Crippen molar-refractivity contribution >= 4 is 11.9 Å². The molecule has 2 aromatic carbocycles. The van der Waals surface area contributed by atoms with Crippen molar-refractivity contribution in [3.05, 3.63) is 41.5 Å². The van der Waals surface area contributed by atoms with E-state index in [9.17, 15) is 24.9 Å². The van der Waals surface area contributed by atoms with E-state index in [1.54, 1.807) is 18.2 Å². The zero-order valence-corrected chi connectivity index (χ0v) is 13.4. The molecule has 1 amide bonds. The maximum Gasteiger partial charge on any atom is 0.338 e. The van der Waals surface area contributed by atoms with E-state index in [0.29, 0.717) is 11.5 Å². The molecule has 0 unspecified atom stereocenters. The normalized spacial score (nSPS) is 11.8. The average Bonchev–Trinajstić information content (AvgIpc) is 3.09. The molecule has 4 N–H and O–H groups in total. The molecular weight excluding hydrogens is 346 g/mol. The summed E-state index contributed by atoms with van der Waals surface area (Å²) in [6.07, 6.45) is 0. The minimum absolute atomic E-state index is 0.156. The largest absolute Gasteiger partial charge is 0.504 e. The SMILES string of the molecule is O=C(COC(=O)c1cc(O)c(O)c(O)c1)NCc1ccc2c(c1)OCO2. The van der Waals surface area contributed by atoms with E-state index in [4.69, 9.17) is 14.2 Å². The second-order valence-corrected chi connectivity index (χ2v) is 5.40. The van der Waals surface area contributed by atoms with Crippen LogP contribution in [0.15, 0.2) is 30.3 Å². The molecule has 0 radical (unpaired) electrons. The van der Waals surface area contributed by atoms with Crippen LogP contribution in [-0.2, 0) is 16.1 Å². The first kappa shape index (κ1) is 17.2. The van der Waals surface area contributed by atoms with Gasteiger partial charge >= 0.3 is 5.97 Å². The summed E-state index contributed by atoms with van der Waals surface area (Å²) in [6.45, 7) is -0.191. The van der Waals surface area contributed by atoms with E-state index in [-0.39, 0.29) is 18.9 Å². The molecule has 0 spiro atoms. The summed E-state index contributed by atoms with van der Waals surface area (Å²) in [7, 11) is 0. The van der Waals surface area contributed by atoms with Gasteiger partial charge in [0, 0.05) is 6.54 Å². The molecule has 0 saturated heterocycles. The molecule has 0 atom stereocenters. The monoisotopic (exact) mass is 361 g/mol. The standard InChI is InChI=1S/C17H15NO8/c19-11-4-10(5-12(20)16(11)22)17(23)24-7-15(21)18-6-9-1-2-13-14(3-9)26-8-25-13/h1-5,19-20,22H,6-8H2,(H,18,21). The van der Waals surface area contributed by atoms with E-state index in [1.807, 2.05) is 0 Å². The van der Waals surface area contributed by atoms with E-state index >= 15 is 0 Å². The molecule has 0 aromatic heterocycles. The fraction of sp³-hybridized carbons (Fsp3) is 0.176. The van der Waals surface area contributed by atoms with Gasteiger partial charge in [-0.3, -0.25) is 4.79 Å². The summed E-state index contributed by atoms with van der Waals surface area (Å²) in [6, 6.07) is 7.07. The molecule has 0 fully saturated rings. The van der Waals surface area contributed by atoms with Crippen molar-refractivity contribution in [1.82, 2.24) is 5.32 Å². The topological polar surface area (TPSA) is 135 Å². The number of amides is 1. The number of esters is 1. The van der Waals surface area contributed by atoms with Gasteiger partial charge in [0.15, 0.2) is 35.4 Å². The molecule has 3 rings (SSSR count). The van der Waals surface area contributed by atoms with Crippen molar-refractivity contribution < 1.29 is 39.1 Å². The van der Waals surface area contributed by atoms with Crippen molar-refractivity contribution in [3.8, 4) is 28.7 Å². The van der Waals surface area contributed by atoms with Gasteiger partial charge in [-0.2, -0.15) is 0 Å². The highest BCUT2D eigenvalue weighted by atomic mass is 16.7. The zero-order valence-electron chi connectivity index (χ0n) is 13.4. The molecule has 2 aromatic rings. The highest BCUT2D eigenvalue weighted by Crippen LogP contribution is 2.35. The lowest BCUT2D eigenvalue weighted by atomic mass is 10.2. The average molecular weight is 361 g/mol. The molecule has 0 aliphatic carbocycles. The van der Waals surface area contributed by atoms with Gasteiger partial charge in [0.25, 0.3) is 5.91 Å². The number of nitrogens with one attached hydrogen (secondary N) is 1. The number of hydrogen-bond donors (Lipinski definition) is 4. The highest BCUT2D eigenvalue weighted by Gasteiger charge is 2.16. The van der Waals surface area contributed by atoms with Crippen molar-refractivity contribution in [1.29, 1.82) is 0 Å². The maximum atomic E-state index is 11.8. The van der Waals surface area contributed by atoms with Crippen LogP contribution in [0, 0.1) is 0 Å². The second-order valence-electron chi connectivity index (χ2n) is 5.40. The van der Waals surface area contributed by atoms with Crippen LogP contribution < -0.4 is 14.8 Å². The van der Waals surface area contributed by atoms with Crippen molar-refractivity contribution in [3.63, 3.8) is 0 Å². The van der Waals surface area contributed by atoms with Crippen LogP contribution >= 0.6 is 0 Å². The molecule has 136 valence electrons. The maximum absolute atomic E-state index is 11.8. The zero-order chi connectivity index (χ0) is 18.7. The fourth-order valence-corrected chi connectivity index (χ4v) is 2.24. The van der Waals surface area contributed by atoms with E-state index in [0.717, 1.165) is 17.7 Å². The number of fused-ring (bicyclic) bond motifs is 1. The summed E-state index contributed by atoms with van der Waals surface area (Å²) >= 11 is 0. The molecule has 1 heterocycles. The van der Waals surface area contributed by atoms with Gasteiger partial charge in [-0.05, 0) is 29.8 Å². The molecule has 0 bridgehead atoms. The Morgan fingerprint density at radius 1 is 1.04 bits per heavy atom. The Morgan fingerprint density at radius 2 is 1.73 bits per heavy atom. The molecule has 1 aliphatic heterocycles. The number of carbonyl (C=O) groups excluding carboxylic acids is 2. The Morgan fingerprint density at radius 3 is 2.46 bits per heavy atom. The summed E-state index contributed by atoms with van der Waals surface area (Å²) in [5.41, 5.74) is 0.573. The van der Waals surface area contributed by atoms with Crippen LogP contribution in [0.3, 0.4) is 0 Å². The van der Waals surface area contributed by atoms with Gasteiger partial charge in [0.2, 0.25) is 6.79 Å². The highest BCUT2D eigenvalue weighted by molar-refractivity contribution is 5.92. The van der Waals surface area contributed by atoms with Gasteiger partial charge in [0.1, 0.15) is 0 Å². The van der Waals surface area contributed by atoms with Crippen molar-refractivity contribution in [2.24, 2.45) is 0 Å². The number of phenolic OH excluding ortho intramolecular Hbond substituents is 3. The Bertz CT molecular complexity index is 841. The predicted octanol–water partition coefficient (Wildman–Crippen LogP) is 1.01. The third kappa shape index (κ3) is 3.72. The Balaban J connectivity index is 1.50. The Kier molecular flexibility index (Phi) is 4.70.